The van der Waals surface area contributed by atoms with Crippen molar-refractivity contribution in [3.05, 3.63) is 35.9 Å². The fraction of sp³-hybridized carbons (Fsp3) is 0.333. The number of hydrogen-bond donors (Lipinski definition) is 2. The summed E-state index contributed by atoms with van der Waals surface area (Å²) in [7, 11) is 0. The third-order valence-corrected chi connectivity index (χ3v) is 2.04. The lowest BCUT2D eigenvalue weighted by atomic mass is 10.1. The number of rotatable bonds is 5. The van der Waals surface area contributed by atoms with Crippen LogP contribution in [0.15, 0.2) is 30.3 Å². The molecule has 5 heteroatoms. The van der Waals surface area contributed by atoms with Crippen LogP contribution in [0, 0.1) is 0 Å². The summed E-state index contributed by atoms with van der Waals surface area (Å²) in [5.74, 6) is -1.98. The standard InChI is InChI=1S/C12H14O5/c1-8(13)7-10(14)17-11(12(15)16)9-5-3-2-4-6-9/h2-6,8,11,13H,7H2,1H3,(H,15,16)/t8-,11?/m1/s1. The quantitative estimate of drug-likeness (QED) is 0.751. The SMILES string of the molecule is C[C@@H](O)CC(=O)OC(C(=O)O)c1ccccc1. The second-order valence-electron chi connectivity index (χ2n) is 3.67. The predicted molar refractivity (Wildman–Crippen MR) is 59.2 cm³/mol. The summed E-state index contributed by atoms with van der Waals surface area (Å²) < 4.78 is 4.81. The highest BCUT2D eigenvalue weighted by molar-refractivity contribution is 5.79. The van der Waals surface area contributed by atoms with Gasteiger partial charge >= 0.3 is 11.9 Å². The molecule has 1 unspecified atom stereocenters. The summed E-state index contributed by atoms with van der Waals surface area (Å²) in [4.78, 5) is 22.3. The molecular weight excluding hydrogens is 224 g/mol. The van der Waals surface area contributed by atoms with E-state index in [0.29, 0.717) is 5.56 Å². The van der Waals surface area contributed by atoms with Crippen LogP contribution in [0.2, 0.25) is 0 Å². The zero-order valence-electron chi connectivity index (χ0n) is 9.37. The number of carboxylic acid groups (broad SMARTS) is 1. The van der Waals surface area contributed by atoms with Crippen molar-refractivity contribution >= 4 is 11.9 Å². The van der Waals surface area contributed by atoms with Gasteiger partial charge in [0.1, 0.15) is 0 Å². The molecule has 1 aromatic rings. The highest BCUT2D eigenvalue weighted by Gasteiger charge is 2.24. The second-order valence-corrected chi connectivity index (χ2v) is 3.67. The van der Waals surface area contributed by atoms with E-state index in [1.165, 1.54) is 6.92 Å². The molecule has 2 N–H and O–H groups in total. The molecule has 0 aromatic heterocycles. The summed E-state index contributed by atoms with van der Waals surface area (Å²) in [6, 6.07) is 8.18. The van der Waals surface area contributed by atoms with Crippen molar-refractivity contribution in [1.82, 2.24) is 0 Å². The molecule has 0 saturated heterocycles. The maximum absolute atomic E-state index is 11.3. The number of aliphatic hydroxyl groups is 1. The number of carbonyl (C=O) groups is 2. The minimum Gasteiger partial charge on any atom is -0.478 e. The van der Waals surface area contributed by atoms with Crippen molar-refractivity contribution in [2.24, 2.45) is 0 Å². The zero-order chi connectivity index (χ0) is 12.8. The van der Waals surface area contributed by atoms with Gasteiger partial charge in [0.25, 0.3) is 0 Å². The van der Waals surface area contributed by atoms with Crippen LogP contribution in [0.25, 0.3) is 0 Å². The zero-order valence-corrected chi connectivity index (χ0v) is 9.37. The van der Waals surface area contributed by atoms with Gasteiger partial charge in [0, 0.05) is 5.56 Å². The van der Waals surface area contributed by atoms with Crippen LogP contribution in [-0.4, -0.2) is 28.3 Å². The number of carbonyl (C=O) groups excluding carboxylic acids is 1. The maximum atomic E-state index is 11.3. The van der Waals surface area contributed by atoms with Crippen LogP contribution in [0.4, 0.5) is 0 Å². The van der Waals surface area contributed by atoms with Gasteiger partial charge in [-0.3, -0.25) is 4.79 Å². The smallest absolute Gasteiger partial charge is 0.349 e. The molecule has 17 heavy (non-hydrogen) atoms. The topological polar surface area (TPSA) is 83.8 Å². The van der Waals surface area contributed by atoms with Crippen molar-refractivity contribution < 1.29 is 24.5 Å². The Morgan fingerprint density at radius 2 is 1.88 bits per heavy atom. The molecule has 2 atom stereocenters. The highest BCUT2D eigenvalue weighted by atomic mass is 16.6. The molecule has 0 heterocycles. The van der Waals surface area contributed by atoms with E-state index < -0.39 is 24.1 Å². The molecule has 0 radical (unpaired) electrons. The molecule has 1 rings (SSSR count). The molecule has 0 fully saturated rings. The van der Waals surface area contributed by atoms with E-state index in [0.717, 1.165) is 0 Å². The Hall–Kier alpha value is -1.88. The summed E-state index contributed by atoms with van der Waals surface area (Å²) in [5, 5.41) is 18.0. The second kappa shape index (κ2) is 6.00. The number of aliphatic carboxylic acids is 1. The molecule has 0 spiro atoms. The van der Waals surface area contributed by atoms with Crippen LogP contribution >= 0.6 is 0 Å². The average molecular weight is 238 g/mol. The van der Waals surface area contributed by atoms with E-state index in [4.69, 9.17) is 14.9 Å². The van der Waals surface area contributed by atoms with Gasteiger partial charge in [0.05, 0.1) is 12.5 Å². The number of hydrogen-bond acceptors (Lipinski definition) is 4. The van der Waals surface area contributed by atoms with Crippen LogP contribution < -0.4 is 0 Å². The van der Waals surface area contributed by atoms with Gasteiger partial charge in [-0.25, -0.2) is 4.79 Å². The molecule has 0 aliphatic carbocycles. The first kappa shape index (κ1) is 13.2. The summed E-state index contributed by atoms with van der Waals surface area (Å²) >= 11 is 0. The maximum Gasteiger partial charge on any atom is 0.349 e. The lowest BCUT2D eigenvalue weighted by molar-refractivity contribution is -0.165. The van der Waals surface area contributed by atoms with Crippen molar-refractivity contribution in [3.63, 3.8) is 0 Å². The Balaban J connectivity index is 2.75. The molecule has 92 valence electrons. The first-order chi connectivity index (χ1) is 8.00. The van der Waals surface area contributed by atoms with Gasteiger partial charge in [-0.15, -0.1) is 0 Å². The Morgan fingerprint density at radius 1 is 1.29 bits per heavy atom. The number of ether oxygens (including phenoxy) is 1. The van der Waals surface area contributed by atoms with E-state index in [-0.39, 0.29) is 6.42 Å². The third kappa shape index (κ3) is 4.24. The van der Waals surface area contributed by atoms with Crippen molar-refractivity contribution in [3.8, 4) is 0 Å². The summed E-state index contributed by atoms with van der Waals surface area (Å²) in [6.45, 7) is 1.43. The molecule has 1 aromatic carbocycles. The minimum atomic E-state index is -1.33. The van der Waals surface area contributed by atoms with Crippen molar-refractivity contribution in [1.29, 1.82) is 0 Å². The fourth-order valence-electron chi connectivity index (χ4n) is 1.31. The van der Waals surface area contributed by atoms with E-state index in [9.17, 15) is 9.59 Å². The number of aliphatic hydroxyl groups excluding tert-OH is 1. The Bertz CT molecular complexity index is 385. The molecule has 0 bridgehead atoms. The van der Waals surface area contributed by atoms with Crippen LogP contribution in [0.5, 0.6) is 0 Å². The Kier molecular flexibility index (Phi) is 4.66. The lowest BCUT2D eigenvalue weighted by Crippen LogP contribution is -2.21. The molecule has 0 aliphatic heterocycles. The van der Waals surface area contributed by atoms with Crippen LogP contribution in [0.1, 0.15) is 25.0 Å². The summed E-state index contributed by atoms with van der Waals surface area (Å²) in [5.41, 5.74) is 0.388. The molecule has 0 aliphatic rings. The van der Waals surface area contributed by atoms with Crippen LogP contribution in [-0.2, 0) is 14.3 Å². The van der Waals surface area contributed by atoms with E-state index in [1.807, 2.05) is 0 Å². The van der Waals surface area contributed by atoms with Gasteiger partial charge in [0.2, 0.25) is 6.10 Å². The minimum absolute atomic E-state index is 0.226. The highest BCUT2D eigenvalue weighted by Crippen LogP contribution is 2.18. The van der Waals surface area contributed by atoms with Crippen molar-refractivity contribution in [2.75, 3.05) is 0 Å². The molecular formula is C12H14O5. The normalized spacial score (nSPS) is 13.8. The van der Waals surface area contributed by atoms with Gasteiger partial charge in [-0.1, -0.05) is 30.3 Å². The fourth-order valence-corrected chi connectivity index (χ4v) is 1.31. The predicted octanol–water partition coefficient (Wildman–Crippen LogP) is 1.13. The number of carboxylic acids is 1. The van der Waals surface area contributed by atoms with Gasteiger partial charge in [0.15, 0.2) is 0 Å². The van der Waals surface area contributed by atoms with E-state index in [2.05, 4.69) is 0 Å². The van der Waals surface area contributed by atoms with E-state index >= 15 is 0 Å². The van der Waals surface area contributed by atoms with Crippen LogP contribution in [0.3, 0.4) is 0 Å². The van der Waals surface area contributed by atoms with Crippen molar-refractivity contribution in [2.45, 2.75) is 25.6 Å². The largest absolute Gasteiger partial charge is 0.478 e. The van der Waals surface area contributed by atoms with Gasteiger partial charge < -0.3 is 14.9 Å². The monoisotopic (exact) mass is 238 g/mol. The first-order valence-corrected chi connectivity index (χ1v) is 5.16. The Labute approximate surface area is 98.6 Å². The third-order valence-electron chi connectivity index (χ3n) is 2.04. The molecule has 0 amide bonds. The van der Waals surface area contributed by atoms with Gasteiger partial charge in [-0.05, 0) is 6.92 Å². The van der Waals surface area contributed by atoms with E-state index in [1.54, 1.807) is 30.3 Å². The average Bonchev–Trinajstić information content (AvgIpc) is 2.25. The van der Waals surface area contributed by atoms with Gasteiger partial charge in [-0.2, -0.15) is 0 Å². The lowest BCUT2D eigenvalue weighted by Gasteiger charge is -2.14. The summed E-state index contributed by atoms with van der Waals surface area (Å²) in [6.07, 6.45) is -2.41. The first-order valence-electron chi connectivity index (χ1n) is 5.16. The number of benzene rings is 1. The number of esters is 1. The molecule has 5 nitrogen and oxygen atoms in total. The molecule has 0 saturated carbocycles. The Morgan fingerprint density at radius 3 is 2.35 bits per heavy atom.